The molecule has 4 unspecified atom stereocenters. The number of amides is 1. The van der Waals surface area contributed by atoms with Gasteiger partial charge in [-0.2, -0.15) is 0 Å². The Balaban J connectivity index is 2.04. The van der Waals surface area contributed by atoms with Crippen LogP contribution in [0.2, 0.25) is 5.04 Å². The van der Waals surface area contributed by atoms with Crippen molar-refractivity contribution < 1.29 is 24.2 Å². The molecule has 6 nitrogen and oxygen atoms in total. The molecular weight excluding hydrogens is 410 g/mol. The molecule has 0 aliphatic heterocycles. The van der Waals surface area contributed by atoms with E-state index < -0.39 is 39.1 Å². The van der Waals surface area contributed by atoms with Crippen molar-refractivity contribution >= 4 is 24.8 Å². The molecule has 168 valence electrons. The van der Waals surface area contributed by atoms with E-state index in [1.54, 1.807) is 0 Å². The molecule has 31 heavy (non-hydrogen) atoms. The topological polar surface area (TPSA) is 102 Å². The zero-order chi connectivity index (χ0) is 22.6. The van der Waals surface area contributed by atoms with Gasteiger partial charge in [-0.3, -0.25) is 0 Å². The lowest BCUT2D eigenvalue weighted by atomic mass is 9.99. The molecule has 2 aromatic carbocycles. The van der Waals surface area contributed by atoms with E-state index in [4.69, 9.17) is 14.9 Å². The molecule has 3 rings (SSSR count). The standard InChI is InChI=1S/C24H33NO5Si/c1-24(2,3)31(18-10-6-4-7-11-18,19-12-8-5-9-13-19)30-17-14-20(21(27)16-26)22(15-17)29-23(25)28/h4-13,17,20-22,26-27H,14-16H2,1-3H3,(H2,25,28). The van der Waals surface area contributed by atoms with Crippen molar-refractivity contribution in [2.24, 2.45) is 11.7 Å². The Hall–Kier alpha value is -2.19. The normalized spacial score (nSPS) is 22.8. The van der Waals surface area contributed by atoms with Gasteiger partial charge in [0.25, 0.3) is 8.32 Å². The highest BCUT2D eigenvalue weighted by atomic mass is 28.4. The van der Waals surface area contributed by atoms with Crippen LogP contribution in [0.5, 0.6) is 0 Å². The molecule has 0 radical (unpaired) electrons. The van der Waals surface area contributed by atoms with Crippen molar-refractivity contribution in [2.75, 3.05) is 6.61 Å². The van der Waals surface area contributed by atoms with Gasteiger partial charge >= 0.3 is 6.09 Å². The lowest BCUT2D eigenvalue weighted by Crippen LogP contribution is -2.67. The summed E-state index contributed by atoms with van der Waals surface area (Å²) in [5, 5.41) is 21.9. The highest BCUT2D eigenvalue weighted by Crippen LogP contribution is 2.41. The van der Waals surface area contributed by atoms with Crippen molar-refractivity contribution in [3.05, 3.63) is 60.7 Å². The maximum absolute atomic E-state index is 11.4. The number of hydrogen-bond acceptors (Lipinski definition) is 5. The first-order valence-electron chi connectivity index (χ1n) is 10.7. The van der Waals surface area contributed by atoms with E-state index in [-0.39, 0.29) is 11.1 Å². The first-order chi connectivity index (χ1) is 14.7. The fraction of sp³-hybridized carbons (Fsp3) is 0.458. The average molecular weight is 444 g/mol. The van der Waals surface area contributed by atoms with Crippen molar-refractivity contribution in [1.29, 1.82) is 0 Å². The monoisotopic (exact) mass is 443 g/mol. The summed E-state index contributed by atoms with van der Waals surface area (Å²) >= 11 is 0. The van der Waals surface area contributed by atoms with Crippen LogP contribution in [-0.2, 0) is 9.16 Å². The van der Waals surface area contributed by atoms with Gasteiger partial charge in [-0.05, 0) is 21.8 Å². The van der Waals surface area contributed by atoms with Gasteiger partial charge in [-0.15, -0.1) is 0 Å². The van der Waals surface area contributed by atoms with E-state index >= 15 is 0 Å². The minimum atomic E-state index is -2.77. The van der Waals surface area contributed by atoms with Crippen molar-refractivity contribution in [2.45, 2.75) is 57.0 Å². The molecule has 0 bridgehead atoms. The fourth-order valence-corrected chi connectivity index (χ4v) is 9.56. The van der Waals surface area contributed by atoms with Crippen LogP contribution in [0.3, 0.4) is 0 Å². The molecule has 0 aromatic heterocycles. The summed E-state index contributed by atoms with van der Waals surface area (Å²) in [6, 6.07) is 20.6. The van der Waals surface area contributed by atoms with E-state index in [2.05, 4.69) is 45.0 Å². The summed E-state index contributed by atoms with van der Waals surface area (Å²) in [6.07, 6.45) is -1.83. The average Bonchev–Trinajstić information content (AvgIpc) is 3.13. The van der Waals surface area contributed by atoms with Crippen LogP contribution in [0.4, 0.5) is 4.79 Å². The summed E-state index contributed by atoms with van der Waals surface area (Å²) in [4.78, 5) is 11.4. The molecule has 0 spiro atoms. The largest absolute Gasteiger partial charge is 0.446 e. The van der Waals surface area contributed by atoms with E-state index in [0.717, 1.165) is 10.4 Å². The number of rotatable bonds is 7. The summed E-state index contributed by atoms with van der Waals surface area (Å²) in [5.41, 5.74) is 5.26. The van der Waals surface area contributed by atoms with Crippen LogP contribution in [0.15, 0.2) is 60.7 Å². The van der Waals surface area contributed by atoms with Crippen LogP contribution in [-0.4, -0.2) is 49.5 Å². The molecule has 1 aliphatic rings. The summed E-state index contributed by atoms with van der Waals surface area (Å²) < 4.78 is 12.4. The maximum atomic E-state index is 11.4. The molecule has 4 atom stereocenters. The SMILES string of the molecule is CC(C)(C)[Si](OC1CC(OC(N)=O)C(C(O)CO)C1)(c1ccccc1)c1ccccc1. The van der Waals surface area contributed by atoms with E-state index in [1.165, 1.54) is 0 Å². The third kappa shape index (κ3) is 4.85. The highest BCUT2D eigenvalue weighted by Gasteiger charge is 2.53. The lowest BCUT2D eigenvalue weighted by molar-refractivity contribution is -0.00735. The maximum Gasteiger partial charge on any atom is 0.404 e. The molecule has 0 heterocycles. The van der Waals surface area contributed by atoms with Crippen LogP contribution in [0.1, 0.15) is 33.6 Å². The minimum Gasteiger partial charge on any atom is -0.446 e. The molecule has 4 N–H and O–H groups in total. The first-order valence-corrected chi connectivity index (χ1v) is 12.6. The fourth-order valence-electron chi connectivity index (χ4n) is 4.85. The number of hydrogen-bond donors (Lipinski definition) is 3. The van der Waals surface area contributed by atoms with Crippen LogP contribution >= 0.6 is 0 Å². The molecule has 1 fully saturated rings. The highest BCUT2D eigenvalue weighted by molar-refractivity contribution is 6.99. The van der Waals surface area contributed by atoms with Crippen LogP contribution in [0.25, 0.3) is 0 Å². The zero-order valence-electron chi connectivity index (χ0n) is 18.4. The van der Waals surface area contributed by atoms with Gasteiger partial charge in [0.1, 0.15) is 6.10 Å². The molecule has 1 aliphatic carbocycles. The van der Waals surface area contributed by atoms with Gasteiger partial charge in [0.15, 0.2) is 0 Å². The molecule has 7 heteroatoms. The number of primary amides is 1. The van der Waals surface area contributed by atoms with Gasteiger partial charge in [0.2, 0.25) is 0 Å². The second-order valence-corrected chi connectivity index (χ2v) is 13.5. The van der Waals surface area contributed by atoms with E-state index in [1.807, 2.05) is 36.4 Å². The molecule has 2 aromatic rings. The molecule has 1 amide bonds. The second-order valence-electron chi connectivity index (χ2n) is 9.26. The number of ether oxygens (including phenoxy) is 1. The first kappa shape index (κ1) is 23.5. The Labute approximate surface area is 185 Å². The van der Waals surface area contributed by atoms with Gasteiger partial charge < -0.3 is 25.1 Å². The predicted octanol–water partition coefficient (Wildman–Crippen LogP) is 2.16. The second kappa shape index (κ2) is 9.52. The zero-order valence-corrected chi connectivity index (χ0v) is 19.4. The Morgan fingerprint density at radius 3 is 2.00 bits per heavy atom. The van der Waals surface area contributed by atoms with Gasteiger partial charge in [0.05, 0.1) is 12.7 Å². The van der Waals surface area contributed by atoms with Crippen molar-refractivity contribution in [3.8, 4) is 0 Å². The van der Waals surface area contributed by atoms with Gasteiger partial charge in [-0.25, -0.2) is 4.79 Å². The Kier molecular flexibility index (Phi) is 7.21. The number of benzene rings is 2. The van der Waals surface area contributed by atoms with Crippen LogP contribution < -0.4 is 16.1 Å². The van der Waals surface area contributed by atoms with Crippen molar-refractivity contribution in [3.63, 3.8) is 0 Å². The quantitative estimate of drug-likeness (QED) is 0.569. The number of nitrogens with two attached hydrogens (primary N) is 1. The third-order valence-electron chi connectivity index (χ3n) is 6.22. The summed E-state index contributed by atoms with van der Waals surface area (Å²) in [5.74, 6) is -0.430. The Morgan fingerprint density at radius 1 is 1.06 bits per heavy atom. The van der Waals surface area contributed by atoms with Crippen molar-refractivity contribution in [1.82, 2.24) is 0 Å². The number of aliphatic hydroxyl groups excluding tert-OH is 2. The molecular formula is C24H33NO5Si. The summed E-state index contributed by atoms with van der Waals surface area (Å²) in [6.45, 7) is 6.19. The number of aliphatic hydroxyl groups is 2. The summed E-state index contributed by atoms with van der Waals surface area (Å²) in [7, 11) is -2.77. The van der Waals surface area contributed by atoms with Gasteiger partial charge in [0, 0.05) is 18.4 Å². The smallest absolute Gasteiger partial charge is 0.404 e. The molecule has 0 saturated heterocycles. The number of carbonyl (C=O) groups is 1. The number of carbonyl (C=O) groups excluding carboxylic acids is 1. The third-order valence-corrected chi connectivity index (χ3v) is 11.3. The van der Waals surface area contributed by atoms with Gasteiger partial charge in [-0.1, -0.05) is 81.4 Å². The van der Waals surface area contributed by atoms with E-state index in [0.29, 0.717) is 12.8 Å². The Bertz CT molecular complexity index is 816. The minimum absolute atomic E-state index is 0.191. The molecule has 1 saturated carbocycles. The Morgan fingerprint density at radius 2 is 1.58 bits per heavy atom. The van der Waals surface area contributed by atoms with E-state index in [9.17, 15) is 15.0 Å². The van der Waals surface area contributed by atoms with Crippen LogP contribution in [0, 0.1) is 5.92 Å². The predicted molar refractivity (Wildman–Crippen MR) is 123 cm³/mol. The lowest BCUT2D eigenvalue weighted by Gasteiger charge is -2.44.